The third-order valence-electron chi connectivity index (χ3n) is 7.33. The van der Waals surface area contributed by atoms with Crippen LogP contribution in [-0.4, -0.2) is 35.5 Å². The fourth-order valence-electron chi connectivity index (χ4n) is 5.99. The fraction of sp³-hybridized carbons (Fsp3) is 0.696. The Bertz CT molecular complexity index is 641. The van der Waals surface area contributed by atoms with Crippen LogP contribution < -0.4 is 11.5 Å². The third kappa shape index (κ3) is 4.38. The summed E-state index contributed by atoms with van der Waals surface area (Å²) in [6, 6.07) is 9.61. The third-order valence-corrected chi connectivity index (χ3v) is 7.33. The molecule has 0 spiro atoms. The van der Waals surface area contributed by atoms with Crippen LogP contribution in [0.25, 0.3) is 0 Å². The van der Waals surface area contributed by atoms with E-state index in [0.29, 0.717) is 29.6 Å². The molecule has 1 aromatic rings. The molecule has 0 aromatic heterocycles. The number of carbonyl (C=O) groups is 1. The van der Waals surface area contributed by atoms with Crippen molar-refractivity contribution in [1.82, 2.24) is 4.90 Å². The lowest BCUT2D eigenvalue weighted by Crippen LogP contribution is -2.48. The van der Waals surface area contributed by atoms with Gasteiger partial charge in [-0.05, 0) is 61.6 Å². The summed E-state index contributed by atoms with van der Waals surface area (Å²) in [5.41, 5.74) is 14.0. The predicted octanol–water partition coefficient (Wildman–Crippen LogP) is 3.79. The lowest BCUT2D eigenvalue weighted by molar-refractivity contribution is 0.0999. The number of nitrogens with two attached hydrogens (primary N) is 2. The molecule has 2 aliphatic heterocycles. The standard InChI is InChI=1S/C23H35N3O/c24-20(11-16-5-2-1-3-6-16)15-26-21-9-10-22(26)14-19(13-21)17-7-4-8-18(12-17)23(25)27/h4,7-8,12,16,19-22H,1-3,5-6,9-11,13-15,24H2,(H2,25,27). The number of rotatable bonds is 6. The van der Waals surface area contributed by atoms with Gasteiger partial charge in [-0.25, -0.2) is 0 Å². The molecule has 1 saturated carbocycles. The van der Waals surface area contributed by atoms with Gasteiger partial charge in [0, 0.05) is 30.2 Å². The molecular formula is C23H35N3O. The molecule has 0 radical (unpaired) electrons. The molecule has 3 atom stereocenters. The van der Waals surface area contributed by atoms with Crippen molar-refractivity contribution >= 4 is 5.91 Å². The number of hydrogen-bond donors (Lipinski definition) is 2. The van der Waals surface area contributed by atoms with Gasteiger partial charge in [-0.2, -0.15) is 0 Å². The van der Waals surface area contributed by atoms with E-state index in [-0.39, 0.29) is 5.91 Å². The lowest BCUT2D eigenvalue weighted by Gasteiger charge is -2.41. The van der Waals surface area contributed by atoms with Crippen LogP contribution in [0, 0.1) is 5.92 Å². The lowest BCUT2D eigenvalue weighted by atomic mass is 9.83. The van der Waals surface area contributed by atoms with E-state index in [1.54, 1.807) is 0 Å². The highest BCUT2D eigenvalue weighted by Crippen LogP contribution is 2.43. The maximum Gasteiger partial charge on any atom is 0.248 e. The second-order valence-corrected chi connectivity index (χ2v) is 9.24. The number of hydrogen-bond acceptors (Lipinski definition) is 3. The van der Waals surface area contributed by atoms with Crippen molar-refractivity contribution in [3.8, 4) is 0 Å². The molecule has 1 amide bonds. The Balaban J connectivity index is 1.36. The van der Waals surface area contributed by atoms with E-state index in [1.807, 2.05) is 18.2 Å². The van der Waals surface area contributed by atoms with E-state index in [4.69, 9.17) is 11.5 Å². The summed E-state index contributed by atoms with van der Waals surface area (Å²) in [7, 11) is 0. The fourth-order valence-corrected chi connectivity index (χ4v) is 5.99. The first-order valence-corrected chi connectivity index (χ1v) is 11.0. The molecule has 3 aliphatic rings. The molecule has 2 heterocycles. The van der Waals surface area contributed by atoms with E-state index in [9.17, 15) is 4.79 Å². The van der Waals surface area contributed by atoms with Gasteiger partial charge < -0.3 is 11.5 Å². The number of amides is 1. The van der Waals surface area contributed by atoms with Crippen molar-refractivity contribution in [3.05, 3.63) is 35.4 Å². The Labute approximate surface area is 163 Å². The normalized spacial score (nSPS) is 30.3. The number of primary amides is 1. The van der Waals surface area contributed by atoms with Gasteiger partial charge in [0.2, 0.25) is 5.91 Å². The quantitative estimate of drug-likeness (QED) is 0.801. The summed E-state index contributed by atoms with van der Waals surface area (Å²) < 4.78 is 0. The zero-order valence-electron chi connectivity index (χ0n) is 16.5. The first-order valence-electron chi connectivity index (χ1n) is 11.0. The Kier molecular flexibility index (Phi) is 5.84. The first kappa shape index (κ1) is 18.9. The van der Waals surface area contributed by atoms with Gasteiger partial charge in [-0.3, -0.25) is 9.69 Å². The van der Waals surface area contributed by atoms with Gasteiger partial charge in [-0.1, -0.05) is 44.2 Å². The summed E-state index contributed by atoms with van der Waals surface area (Å²) in [5, 5.41) is 0. The summed E-state index contributed by atoms with van der Waals surface area (Å²) in [6.07, 6.45) is 13.2. The molecule has 1 aromatic carbocycles. The van der Waals surface area contributed by atoms with Gasteiger partial charge in [0.05, 0.1) is 0 Å². The molecule has 2 bridgehead atoms. The topological polar surface area (TPSA) is 72.4 Å². The average molecular weight is 370 g/mol. The zero-order chi connectivity index (χ0) is 18.8. The molecule has 148 valence electrons. The molecule has 1 aliphatic carbocycles. The van der Waals surface area contributed by atoms with Crippen molar-refractivity contribution in [3.63, 3.8) is 0 Å². The molecule has 4 heteroatoms. The van der Waals surface area contributed by atoms with Gasteiger partial charge in [0.1, 0.15) is 0 Å². The van der Waals surface area contributed by atoms with Crippen molar-refractivity contribution in [2.24, 2.45) is 17.4 Å². The number of piperidine rings is 1. The van der Waals surface area contributed by atoms with Gasteiger partial charge in [0.25, 0.3) is 0 Å². The van der Waals surface area contributed by atoms with Crippen LogP contribution in [0.4, 0.5) is 0 Å². The highest BCUT2D eigenvalue weighted by Gasteiger charge is 2.41. The molecule has 4 rings (SSSR count). The van der Waals surface area contributed by atoms with Crippen LogP contribution >= 0.6 is 0 Å². The number of nitrogens with zero attached hydrogens (tertiary/aromatic N) is 1. The molecule has 27 heavy (non-hydrogen) atoms. The van der Waals surface area contributed by atoms with Crippen molar-refractivity contribution in [2.75, 3.05) is 6.54 Å². The van der Waals surface area contributed by atoms with Crippen LogP contribution in [0.15, 0.2) is 24.3 Å². The van der Waals surface area contributed by atoms with Crippen molar-refractivity contribution in [2.45, 2.75) is 88.3 Å². The van der Waals surface area contributed by atoms with E-state index in [2.05, 4.69) is 11.0 Å². The van der Waals surface area contributed by atoms with Crippen LogP contribution in [0.5, 0.6) is 0 Å². The van der Waals surface area contributed by atoms with Crippen LogP contribution in [0.2, 0.25) is 0 Å². The summed E-state index contributed by atoms with van der Waals surface area (Å²) >= 11 is 0. The average Bonchev–Trinajstić information content (AvgIpc) is 2.90. The second kappa shape index (κ2) is 8.32. The van der Waals surface area contributed by atoms with Crippen LogP contribution in [-0.2, 0) is 0 Å². The van der Waals surface area contributed by atoms with Crippen LogP contribution in [0.1, 0.15) is 86.0 Å². The molecule has 3 unspecified atom stereocenters. The summed E-state index contributed by atoms with van der Waals surface area (Å²) in [6.45, 7) is 1.07. The van der Waals surface area contributed by atoms with Crippen molar-refractivity contribution in [1.29, 1.82) is 0 Å². The maximum atomic E-state index is 11.5. The minimum atomic E-state index is -0.328. The highest BCUT2D eigenvalue weighted by atomic mass is 16.1. The number of carbonyl (C=O) groups excluding carboxylic acids is 1. The van der Waals surface area contributed by atoms with E-state index < -0.39 is 0 Å². The van der Waals surface area contributed by atoms with Crippen molar-refractivity contribution < 1.29 is 4.79 Å². The Hall–Kier alpha value is -1.39. The summed E-state index contributed by atoms with van der Waals surface area (Å²) in [5.74, 6) is 1.08. The van der Waals surface area contributed by atoms with Gasteiger partial charge in [-0.15, -0.1) is 0 Å². The number of fused-ring (bicyclic) bond motifs is 2. The second-order valence-electron chi connectivity index (χ2n) is 9.24. The maximum absolute atomic E-state index is 11.5. The van der Waals surface area contributed by atoms with Gasteiger partial charge in [0.15, 0.2) is 0 Å². The summed E-state index contributed by atoms with van der Waals surface area (Å²) in [4.78, 5) is 14.2. The van der Waals surface area contributed by atoms with Gasteiger partial charge >= 0.3 is 0 Å². The molecular weight excluding hydrogens is 334 g/mol. The Morgan fingerprint density at radius 3 is 2.44 bits per heavy atom. The van der Waals surface area contributed by atoms with E-state index in [0.717, 1.165) is 12.5 Å². The SMILES string of the molecule is NC(=O)c1cccc(C2CC3CCC(C2)N3CC(N)CC2CCCCC2)c1. The minimum Gasteiger partial charge on any atom is -0.366 e. The largest absolute Gasteiger partial charge is 0.366 e. The number of benzene rings is 1. The first-order chi connectivity index (χ1) is 13.1. The van der Waals surface area contributed by atoms with E-state index in [1.165, 1.54) is 69.8 Å². The Morgan fingerprint density at radius 1 is 1.07 bits per heavy atom. The Morgan fingerprint density at radius 2 is 1.78 bits per heavy atom. The molecule has 4 nitrogen and oxygen atoms in total. The predicted molar refractivity (Wildman–Crippen MR) is 110 cm³/mol. The van der Waals surface area contributed by atoms with E-state index >= 15 is 0 Å². The minimum absolute atomic E-state index is 0.325. The highest BCUT2D eigenvalue weighted by molar-refractivity contribution is 5.92. The zero-order valence-corrected chi connectivity index (χ0v) is 16.5. The smallest absolute Gasteiger partial charge is 0.248 e. The molecule has 4 N–H and O–H groups in total. The monoisotopic (exact) mass is 369 g/mol. The van der Waals surface area contributed by atoms with Crippen LogP contribution in [0.3, 0.4) is 0 Å². The molecule has 3 fully saturated rings. The molecule has 2 saturated heterocycles.